The van der Waals surface area contributed by atoms with Crippen molar-refractivity contribution in [1.82, 2.24) is 10.3 Å². The van der Waals surface area contributed by atoms with Crippen LogP contribution in [0.15, 0.2) is 12.3 Å². The number of carbonyl (C=O) groups is 3. The number of imide groups is 1. The van der Waals surface area contributed by atoms with E-state index in [4.69, 9.17) is 19.9 Å². The number of aromatic nitrogens is 1. The normalized spacial score (nSPS) is 10.4. The molecule has 0 aliphatic heterocycles. The summed E-state index contributed by atoms with van der Waals surface area (Å²) in [6.45, 7) is 5.84. The quantitative estimate of drug-likeness (QED) is 0.466. The second-order valence-corrected chi connectivity index (χ2v) is 5.71. The van der Waals surface area contributed by atoms with Crippen LogP contribution in [-0.4, -0.2) is 42.2 Å². The lowest BCUT2D eigenvalue weighted by atomic mass is 10.2. The van der Waals surface area contributed by atoms with Gasteiger partial charge >= 0.3 is 12.1 Å². The van der Waals surface area contributed by atoms with Crippen LogP contribution in [0.3, 0.4) is 0 Å². The van der Waals surface area contributed by atoms with Crippen LogP contribution in [0.5, 0.6) is 11.6 Å². The third-order valence-electron chi connectivity index (χ3n) is 3.61. The minimum Gasteiger partial charge on any atom is -0.488 e. The molecule has 0 bridgehead atoms. The Hall–Kier alpha value is -2.68. The van der Waals surface area contributed by atoms with Crippen molar-refractivity contribution >= 4 is 18.0 Å². The monoisotopic (exact) mass is 381 g/mol. The summed E-state index contributed by atoms with van der Waals surface area (Å²) in [5.74, 6) is -1.28. The maximum absolute atomic E-state index is 12.3. The highest BCUT2D eigenvalue weighted by molar-refractivity contribution is 5.93. The van der Waals surface area contributed by atoms with Crippen molar-refractivity contribution in [2.45, 2.75) is 52.6 Å². The average Bonchev–Trinajstić information content (AvgIpc) is 2.66. The summed E-state index contributed by atoms with van der Waals surface area (Å²) in [4.78, 5) is 39.1. The van der Waals surface area contributed by atoms with E-state index >= 15 is 0 Å². The third-order valence-corrected chi connectivity index (χ3v) is 3.61. The first-order valence-corrected chi connectivity index (χ1v) is 9.00. The Labute approximate surface area is 158 Å². The van der Waals surface area contributed by atoms with E-state index in [2.05, 4.69) is 4.98 Å². The molecule has 0 aromatic carbocycles. The molecule has 0 radical (unpaired) electrons. The fraction of sp³-hybridized carbons (Fsp3) is 0.556. The van der Waals surface area contributed by atoms with E-state index in [1.807, 2.05) is 26.1 Å². The predicted molar refractivity (Wildman–Crippen MR) is 97.6 cm³/mol. The summed E-state index contributed by atoms with van der Waals surface area (Å²) >= 11 is 0. The largest absolute Gasteiger partial charge is 0.488 e. The van der Waals surface area contributed by atoms with Crippen LogP contribution in [0.25, 0.3) is 0 Å². The summed E-state index contributed by atoms with van der Waals surface area (Å²) < 4.78 is 16.0. The standard InChI is InChI=1S/C18H27N3O6/c1-4-7-8-25-14-9-12(17(23)26-13(5-2)6-3)11-20-16(14)27-18(24)21-15(22)10-19/h9,11,13H,4-8,10,19H2,1-3H3,(H,21,22,24). The zero-order valence-corrected chi connectivity index (χ0v) is 15.9. The number of hydrogen-bond acceptors (Lipinski definition) is 8. The van der Waals surface area contributed by atoms with Gasteiger partial charge in [-0.25, -0.2) is 14.6 Å². The number of rotatable bonds is 10. The van der Waals surface area contributed by atoms with Gasteiger partial charge in [-0.15, -0.1) is 0 Å². The van der Waals surface area contributed by atoms with E-state index in [1.54, 1.807) is 0 Å². The molecule has 27 heavy (non-hydrogen) atoms. The van der Waals surface area contributed by atoms with Crippen LogP contribution in [0, 0.1) is 0 Å². The van der Waals surface area contributed by atoms with Crippen molar-refractivity contribution < 1.29 is 28.6 Å². The predicted octanol–water partition coefficient (Wildman–Crippen LogP) is 2.18. The molecule has 0 aliphatic carbocycles. The van der Waals surface area contributed by atoms with Crippen molar-refractivity contribution in [3.8, 4) is 11.6 Å². The number of hydrogen-bond donors (Lipinski definition) is 2. The maximum atomic E-state index is 12.3. The molecule has 9 heteroatoms. The third kappa shape index (κ3) is 7.61. The molecule has 0 atom stereocenters. The van der Waals surface area contributed by atoms with Gasteiger partial charge in [0, 0.05) is 12.3 Å². The molecular formula is C18H27N3O6. The Morgan fingerprint density at radius 2 is 1.93 bits per heavy atom. The number of esters is 1. The van der Waals surface area contributed by atoms with E-state index in [9.17, 15) is 14.4 Å². The van der Waals surface area contributed by atoms with Gasteiger partial charge in [0.05, 0.1) is 18.7 Å². The van der Waals surface area contributed by atoms with Gasteiger partial charge in [0.25, 0.3) is 5.88 Å². The van der Waals surface area contributed by atoms with E-state index in [0.717, 1.165) is 12.8 Å². The van der Waals surface area contributed by atoms with Gasteiger partial charge in [0.2, 0.25) is 5.91 Å². The Morgan fingerprint density at radius 3 is 2.52 bits per heavy atom. The molecule has 1 rings (SSSR count). The zero-order valence-electron chi connectivity index (χ0n) is 15.9. The summed E-state index contributed by atoms with van der Waals surface area (Å²) in [5, 5.41) is 1.94. The average molecular weight is 381 g/mol. The number of amides is 2. The molecule has 3 N–H and O–H groups in total. The van der Waals surface area contributed by atoms with Crippen molar-refractivity contribution in [2.75, 3.05) is 13.2 Å². The highest BCUT2D eigenvalue weighted by Gasteiger charge is 2.19. The van der Waals surface area contributed by atoms with Crippen LogP contribution in [0.1, 0.15) is 56.8 Å². The van der Waals surface area contributed by atoms with Gasteiger partial charge in [-0.1, -0.05) is 27.2 Å². The molecule has 2 amide bonds. The topological polar surface area (TPSA) is 130 Å². The van der Waals surface area contributed by atoms with Crippen LogP contribution in [-0.2, 0) is 9.53 Å². The van der Waals surface area contributed by atoms with Gasteiger partial charge in [0.15, 0.2) is 5.75 Å². The van der Waals surface area contributed by atoms with E-state index in [0.29, 0.717) is 19.4 Å². The molecule has 1 aromatic rings. The first kappa shape index (κ1) is 22.4. The number of nitrogens with zero attached hydrogens (tertiary/aromatic N) is 1. The second kappa shape index (κ2) is 11.8. The molecule has 150 valence electrons. The minimum atomic E-state index is -1.04. The lowest BCUT2D eigenvalue weighted by Crippen LogP contribution is -2.37. The van der Waals surface area contributed by atoms with Crippen LogP contribution in [0.4, 0.5) is 4.79 Å². The highest BCUT2D eigenvalue weighted by Crippen LogP contribution is 2.26. The van der Waals surface area contributed by atoms with Gasteiger partial charge in [-0.05, 0) is 19.3 Å². The molecule has 1 heterocycles. The number of nitrogens with one attached hydrogen (secondary N) is 1. The molecular weight excluding hydrogens is 354 g/mol. The molecule has 9 nitrogen and oxygen atoms in total. The Bertz CT molecular complexity index is 646. The maximum Gasteiger partial charge on any atom is 0.420 e. The molecule has 0 aliphatic rings. The van der Waals surface area contributed by atoms with E-state index in [1.165, 1.54) is 12.3 Å². The van der Waals surface area contributed by atoms with Gasteiger partial charge in [-0.3, -0.25) is 10.1 Å². The number of carbonyl (C=O) groups excluding carboxylic acids is 3. The lowest BCUT2D eigenvalue weighted by molar-refractivity contribution is -0.118. The van der Waals surface area contributed by atoms with Crippen molar-refractivity contribution in [3.63, 3.8) is 0 Å². The molecule has 0 fully saturated rings. The number of ether oxygens (including phenoxy) is 3. The minimum absolute atomic E-state index is 0.109. The molecule has 1 aromatic heterocycles. The summed E-state index contributed by atoms with van der Waals surface area (Å²) in [6, 6.07) is 1.40. The van der Waals surface area contributed by atoms with Crippen LogP contribution < -0.4 is 20.5 Å². The van der Waals surface area contributed by atoms with Crippen molar-refractivity contribution in [3.05, 3.63) is 17.8 Å². The van der Waals surface area contributed by atoms with Gasteiger partial charge < -0.3 is 19.9 Å². The molecule has 0 saturated heterocycles. The molecule has 0 saturated carbocycles. The lowest BCUT2D eigenvalue weighted by Gasteiger charge is -2.15. The SMILES string of the molecule is CCCCOc1cc(C(=O)OC(CC)CC)cnc1OC(=O)NC(=O)CN. The fourth-order valence-corrected chi connectivity index (χ4v) is 2.00. The fourth-order valence-electron chi connectivity index (χ4n) is 2.00. The van der Waals surface area contributed by atoms with Crippen LogP contribution >= 0.6 is 0 Å². The zero-order chi connectivity index (χ0) is 20.2. The summed E-state index contributed by atoms with van der Waals surface area (Å²) in [5.41, 5.74) is 5.31. The Balaban J connectivity index is 2.97. The van der Waals surface area contributed by atoms with Crippen LogP contribution in [0.2, 0.25) is 0 Å². The number of pyridine rings is 1. The second-order valence-electron chi connectivity index (χ2n) is 5.71. The van der Waals surface area contributed by atoms with Crippen molar-refractivity contribution in [1.29, 1.82) is 0 Å². The highest BCUT2D eigenvalue weighted by atomic mass is 16.6. The van der Waals surface area contributed by atoms with E-state index in [-0.39, 0.29) is 29.8 Å². The Kier molecular flexibility index (Phi) is 9.81. The molecule has 0 unspecified atom stereocenters. The van der Waals surface area contributed by atoms with E-state index < -0.39 is 18.0 Å². The Morgan fingerprint density at radius 1 is 1.22 bits per heavy atom. The first-order valence-electron chi connectivity index (χ1n) is 9.00. The van der Waals surface area contributed by atoms with Gasteiger partial charge in [0.1, 0.15) is 6.10 Å². The summed E-state index contributed by atoms with van der Waals surface area (Å²) in [7, 11) is 0. The van der Waals surface area contributed by atoms with Gasteiger partial charge in [-0.2, -0.15) is 0 Å². The number of nitrogens with two attached hydrogens (primary N) is 1. The smallest absolute Gasteiger partial charge is 0.420 e. The van der Waals surface area contributed by atoms with Crippen molar-refractivity contribution in [2.24, 2.45) is 5.73 Å². The first-order chi connectivity index (χ1) is 12.9. The molecule has 0 spiro atoms. The number of unbranched alkanes of at least 4 members (excludes halogenated alkanes) is 1. The summed E-state index contributed by atoms with van der Waals surface area (Å²) in [6.07, 6.45) is 3.06.